The van der Waals surface area contributed by atoms with Crippen LogP contribution in [0.25, 0.3) is 0 Å². The van der Waals surface area contributed by atoms with Gasteiger partial charge < -0.3 is 10.2 Å². The third kappa shape index (κ3) is 3.17. The van der Waals surface area contributed by atoms with E-state index in [1.165, 1.54) is 0 Å². The van der Waals surface area contributed by atoms with Crippen LogP contribution in [0.15, 0.2) is 0 Å². The number of hydrogen-bond donors (Lipinski definition) is 2. The standard InChI is InChI=1S/C10H20N2O4S/c13-6-5-11-1-3-12(4-2-11)9-7-17(15,16)8-10(9)14/h9-10,13-14H,1-8H2. The first-order valence-corrected chi connectivity index (χ1v) is 7.80. The summed E-state index contributed by atoms with van der Waals surface area (Å²) in [4.78, 5) is 4.20. The number of sulfone groups is 1. The lowest BCUT2D eigenvalue weighted by molar-refractivity contribution is 0.0399. The third-order valence-corrected chi connectivity index (χ3v) is 5.28. The van der Waals surface area contributed by atoms with Gasteiger partial charge in [0.2, 0.25) is 0 Å². The summed E-state index contributed by atoms with van der Waals surface area (Å²) < 4.78 is 22.9. The summed E-state index contributed by atoms with van der Waals surface area (Å²) in [6, 6.07) is -0.240. The van der Waals surface area contributed by atoms with Crippen LogP contribution in [0.3, 0.4) is 0 Å². The van der Waals surface area contributed by atoms with Crippen molar-refractivity contribution in [1.29, 1.82) is 0 Å². The summed E-state index contributed by atoms with van der Waals surface area (Å²) in [6.45, 7) is 3.99. The molecule has 2 N–H and O–H groups in total. The molecule has 2 aliphatic heterocycles. The molecule has 0 radical (unpaired) electrons. The highest BCUT2D eigenvalue weighted by Gasteiger charge is 2.40. The van der Waals surface area contributed by atoms with E-state index in [2.05, 4.69) is 9.80 Å². The average molecular weight is 264 g/mol. The summed E-state index contributed by atoms with van der Waals surface area (Å²) in [5, 5.41) is 18.6. The van der Waals surface area contributed by atoms with E-state index in [1.807, 2.05) is 0 Å². The number of piperazine rings is 1. The summed E-state index contributed by atoms with van der Waals surface area (Å²) in [5.41, 5.74) is 0. The maximum Gasteiger partial charge on any atom is 0.154 e. The first-order chi connectivity index (χ1) is 8.02. The number of aliphatic hydroxyl groups is 2. The summed E-state index contributed by atoms with van der Waals surface area (Å²) >= 11 is 0. The highest BCUT2D eigenvalue weighted by Crippen LogP contribution is 2.19. The molecule has 2 fully saturated rings. The fourth-order valence-corrected chi connectivity index (χ4v) is 4.45. The van der Waals surface area contributed by atoms with E-state index in [0.717, 1.165) is 26.2 Å². The number of aliphatic hydroxyl groups excluding tert-OH is 2. The zero-order chi connectivity index (χ0) is 12.5. The van der Waals surface area contributed by atoms with Gasteiger partial charge in [0.05, 0.1) is 30.3 Å². The Balaban J connectivity index is 1.89. The van der Waals surface area contributed by atoms with E-state index in [4.69, 9.17) is 5.11 Å². The minimum Gasteiger partial charge on any atom is -0.395 e. The molecule has 17 heavy (non-hydrogen) atoms. The lowest BCUT2D eigenvalue weighted by Crippen LogP contribution is -2.53. The van der Waals surface area contributed by atoms with Crippen LogP contribution in [-0.4, -0.2) is 91.4 Å². The first kappa shape index (κ1) is 13.2. The largest absolute Gasteiger partial charge is 0.395 e. The second-order valence-electron chi connectivity index (χ2n) is 4.81. The van der Waals surface area contributed by atoms with Gasteiger partial charge in [-0.2, -0.15) is 0 Å². The van der Waals surface area contributed by atoms with E-state index < -0.39 is 15.9 Å². The molecule has 6 nitrogen and oxygen atoms in total. The third-order valence-electron chi connectivity index (χ3n) is 3.59. The smallest absolute Gasteiger partial charge is 0.154 e. The fraction of sp³-hybridized carbons (Fsp3) is 1.00. The molecule has 2 atom stereocenters. The van der Waals surface area contributed by atoms with Gasteiger partial charge in [-0.15, -0.1) is 0 Å². The Kier molecular flexibility index (Phi) is 4.04. The average Bonchev–Trinajstić information content (AvgIpc) is 2.54. The van der Waals surface area contributed by atoms with Gasteiger partial charge in [-0.25, -0.2) is 8.42 Å². The predicted molar refractivity (Wildman–Crippen MR) is 63.5 cm³/mol. The molecule has 0 saturated carbocycles. The summed E-state index contributed by atoms with van der Waals surface area (Å²) in [6.07, 6.45) is -0.746. The van der Waals surface area contributed by atoms with Crippen molar-refractivity contribution in [3.63, 3.8) is 0 Å². The Hall–Kier alpha value is -0.210. The van der Waals surface area contributed by atoms with Crippen LogP contribution in [0.4, 0.5) is 0 Å². The molecule has 2 aliphatic rings. The van der Waals surface area contributed by atoms with Crippen LogP contribution in [0.5, 0.6) is 0 Å². The number of nitrogens with zero attached hydrogens (tertiary/aromatic N) is 2. The zero-order valence-corrected chi connectivity index (χ0v) is 10.6. The van der Waals surface area contributed by atoms with Crippen molar-refractivity contribution in [3.8, 4) is 0 Å². The minimum atomic E-state index is -3.06. The molecule has 0 aliphatic carbocycles. The van der Waals surface area contributed by atoms with E-state index in [-0.39, 0.29) is 24.2 Å². The number of β-amino-alcohol motifs (C(OH)–C–C–N with tert-alkyl or cyclic N) is 1. The Morgan fingerprint density at radius 2 is 1.76 bits per heavy atom. The van der Waals surface area contributed by atoms with Gasteiger partial charge in [0.15, 0.2) is 9.84 Å². The second-order valence-corrected chi connectivity index (χ2v) is 6.97. The van der Waals surface area contributed by atoms with Crippen LogP contribution in [-0.2, 0) is 9.84 Å². The number of hydrogen-bond acceptors (Lipinski definition) is 6. The maximum absolute atomic E-state index is 11.4. The van der Waals surface area contributed by atoms with Crippen LogP contribution < -0.4 is 0 Å². The lowest BCUT2D eigenvalue weighted by atomic mass is 10.1. The van der Waals surface area contributed by atoms with Gasteiger partial charge in [-0.1, -0.05) is 0 Å². The van der Waals surface area contributed by atoms with E-state index in [0.29, 0.717) is 6.54 Å². The summed E-state index contributed by atoms with van der Waals surface area (Å²) in [7, 11) is -3.06. The van der Waals surface area contributed by atoms with Gasteiger partial charge in [0, 0.05) is 32.7 Å². The Morgan fingerprint density at radius 3 is 2.24 bits per heavy atom. The molecular formula is C10H20N2O4S. The zero-order valence-electron chi connectivity index (χ0n) is 9.83. The van der Waals surface area contributed by atoms with E-state index >= 15 is 0 Å². The normalized spacial score (nSPS) is 35.2. The number of rotatable bonds is 3. The van der Waals surface area contributed by atoms with Crippen molar-refractivity contribution in [2.24, 2.45) is 0 Å². The molecule has 0 amide bonds. The van der Waals surface area contributed by atoms with Crippen molar-refractivity contribution < 1.29 is 18.6 Å². The quantitative estimate of drug-likeness (QED) is 0.600. The molecule has 2 saturated heterocycles. The van der Waals surface area contributed by atoms with E-state index in [9.17, 15) is 13.5 Å². The SMILES string of the molecule is O=S1(=O)CC(O)C(N2CCN(CCO)CC2)C1. The molecule has 100 valence electrons. The first-order valence-electron chi connectivity index (χ1n) is 5.97. The van der Waals surface area contributed by atoms with Crippen molar-refractivity contribution >= 4 is 9.84 Å². The lowest BCUT2D eigenvalue weighted by Gasteiger charge is -2.38. The van der Waals surface area contributed by atoms with Gasteiger partial charge in [0.1, 0.15) is 0 Å². The molecule has 2 unspecified atom stereocenters. The van der Waals surface area contributed by atoms with Gasteiger partial charge in [-0.3, -0.25) is 9.80 Å². The molecular weight excluding hydrogens is 244 g/mol. The molecule has 0 bridgehead atoms. The van der Waals surface area contributed by atoms with Gasteiger partial charge >= 0.3 is 0 Å². The Bertz CT molecular complexity index is 351. The highest BCUT2D eigenvalue weighted by molar-refractivity contribution is 7.91. The monoisotopic (exact) mass is 264 g/mol. The highest BCUT2D eigenvalue weighted by atomic mass is 32.2. The second kappa shape index (κ2) is 5.19. The van der Waals surface area contributed by atoms with Gasteiger partial charge in [0.25, 0.3) is 0 Å². The van der Waals surface area contributed by atoms with Gasteiger partial charge in [-0.05, 0) is 0 Å². The van der Waals surface area contributed by atoms with Crippen molar-refractivity contribution in [1.82, 2.24) is 9.80 Å². The molecule has 7 heteroatoms. The summed E-state index contributed by atoms with van der Waals surface area (Å²) in [5.74, 6) is -0.0251. The predicted octanol–water partition coefficient (Wildman–Crippen LogP) is -2.25. The van der Waals surface area contributed by atoms with Crippen LogP contribution in [0.2, 0.25) is 0 Å². The van der Waals surface area contributed by atoms with Crippen LogP contribution in [0, 0.1) is 0 Å². The minimum absolute atomic E-state index is 0.0775. The van der Waals surface area contributed by atoms with E-state index in [1.54, 1.807) is 0 Å². The molecule has 0 aromatic carbocycles. The fourth-order valence-electron chi connectivity index (χ4n) is 2.62. The topological polar surface area (TPSA) is 81.1 Å². The Morgan fingerprint density at radius 1 is 1.12 bits per heavy atom. The molecule has 2 rings (SSSR count). The van der Waals surface area contributed by atoms with Crippen molar-refractivity contribution in [2.45, 2.75) is 12.1 Å². The van der Waals surface area contributed by atoms with Crippen LogP contribution in [0.1, 0.15) is 0 Å². The maximum atomic E-state index is 11.4. The molecule has 0 aromatic rings. The van der Waals surface area contributed by atoms with Crippen molar-refractivity contribution in [3.05, 3.63) is 0 Å². The van der Waals surface area contributed by atoms with Crippen molar-refractivity contribution in [2.75, 3.05) is 50.8 Å². The molecule has 0 spiro atoms. The molecule has 2 heterocycles. The van der Waals surface area contributed by atoms with Crippen LogP contribution >= 0.6 is 0 Å². The molecule has 0 aromatic heterocycles. The Labute approximate surface area is 102 Å².